The SMILES string of the molecule is C=COCCCNS(=O)(=O)c1cc(C)c(Br)s1. The average Bonchev–Trinajstić information content (AvgIpc) is 2.60. The minimum absolute atomic E-state index is 0.325. The quantitative estimate of drug-likeness (QED) is 0.613. The summed E-state index contributed by atoms with van der Waals surface area (Å²) in [7, 11) is -3.39. The van der Waals surface area contributed by atoms with Crippen molar-refractivity contribution in [3.8, 4) is 0 Å². The van der Waals surface area contributed by atoms with Gasteiger partial charge >= 0.3 is 0 Å². The van der Waals surface area contributed by atoms with Gasteiger partial charge in [0.15, 0.2) is 0 Å². The van der Waals surface area contributed by atoms with Gasteiger partial charge in [0.1, 0.15) is 4.21 Å². The summed E-state index contributed by atoms with van der Waals surface area (Å²) in [6, 6.07) is 1.65. The Bertz CT molecular complexity index is 462. The van der Waals surface area contributed by atoms with Crippen LogP contribution in [-0.4, -0.2) is 21.6 Å². The van der Waals surface area contributed by atoms with Crippen LogP contribution in [0.5, 0.6) is 0 Å². The fourth-order valence-electron chi connectivity index (χ4n) is 1.08. The molecule has 0 saturated carbocycles. The lowest BCUT2D eigenvalue weighted by Gasteiger charge is -2.04. The number of hydrogen-bond acceptors (Lipinski definition) is 4. The Balaban J connectivity index is 2.54. The van der Waals surface area contributed by atoms with Crippen molar-refractivity contribution < 1.29 is 13.2 Å². The Labute approximate surface area is 114 Å². The zero-order valence-corrected chi connectivity index (χ0v) is 12.6. The zero-order valence-electron chi connectivity index (χ0n) is 9.40. The van der Waals surface area contributed by atoms with Crippen molar-refractivity contribution in [1.82, 2.24) is 4.72 Å². The van der Waals surface area contributed by atoms with Gasteiger partial charge < -0.3 is 4.74 Å². The van der Waals surface area contributed by atoms with Crippen LogP contribution in [0.4, 0.5) is 0 Å². The van der Waals surface area contributed by atoms with Gasteiger partial charge in [-0.25, -0.2) is 13.1 Å². The molecule has 0 aromatic carbocycles. The van der Waals surface area contributed by atoms with Gasteiger partial charge in [-0.3, -0.25) is 0 Å². The molecule has 1 aromatic rings. The van der Waals surface area contributed by atoms with Crippen molar-refractivity contribution in [3.63, 3.8) is 0 Å². The minimum atomic E-state index is -3.39. The van der Waals surface area contributed by atoms with Crippen molar-refractivity contribution in [2.24, 2.45) is 0 Å². The van der Waals surface area contributed by atoms with E-state index in [-0.39, 0.29) is 0 Å². The summed E-state index contributed by atoms with van der Waals surface area (Å²) < 4.78 is 32.3. The maximum atomic E-state index is 11.8. The van der Waals surface area contributed by atoms with Crippen LogP contribution in [0.15, 0.2) is 26.9 Å². The van der Waals surface area contributed by atoms with Crippen LogP contribution in [0, 0.1) is 6.92 Å². The highest BCUT2D eigenvalue weighted by atomic mass is 79.9. The molecular formula is C10H14BrNO3S2. The van der Waals surface area contributed by atoms with Gasteiger partial charge in [0, 0.05) is 6.54 Å². The number of aryl methyl sites for hydroxylation is 1. The smallest absolute Gasteiger partial charge is 0.250 e. The molecule has 1 N–H and O–H groups in total. The molecule has 0 spiro atoms. The van der Waals surface area contributed by atoms with E-state index in [1.54, 1.807) is 6.07 Å². The second kappa shape index (κ2) is 6.53. The molecule has 0 aliphatic heterocycles. The van der Waals surface area contributed by atoms with Crippen LogP contribution in [0.1, 0.15) is 12.0 Å². The summed E-state index contributed by atoms with van der Waals surface area (Å²) in [5, 5.41) is 0. The van der Waals surface area contributed by atoms with E-state index in [9.17, 15) is 8.42 Å². The summed E-state index contributed by atoms with van der Waals surface area (Å²) in [4.78, 5) is 0. The molecule has 1 rings (SSSR count). The van der Waals surface area contributed by atoms with E-state index in [0.29, 0.717) is 23.8 Å². The Morgan fingerprint density at radius 2 is 2.35 bits per heavy atom. The van der Waals surface area contributed by atoms with E-state index in [1.165, 1.54) is 17.6 Å². The molecule has 4 nitrogen and oxygen atoms in total. The molecule has 17 heavy (non-hydrogen) atoms. The number of thiophene rings is 1. The average molecular weight is 340 g/mol. The predicted molar refractivity (Wildman–Crippen MR) is 72.7 cm³/mol. The number of hydrogen-bond donors (Lipinski definition) is 1. The van der Waals surface area contributed by atoms with Crippen LogP contribution < -0.4 is 4.72 Å². The minimum Gasteiger partial charge on any atom is -0.502 e. The van der Waals surface area contributed by atoms with Crippen molar-refractivity contribution in [3.05, 3.63) is 28.3 Å². The number of sulfonamides is 1. The maximum absolute atomic E-state index is 11.8. The van der Waals surface area contributed by atoms with Crippen LogP contribution in [-0.2, 0) is 14.8 Å². The van der Waals surface area contributed by atoms with E-state index < -0.39 is 10.0 Å². The van der Waals surface area contributed by atoms with Gasteiger partial charge in [-0.05, 0) is 40.9 Å². The lowest BCUT2D eigenvalue weighted by molar-refractivity contribution is 0.247. The van der Waals surface area contributed by atoms with Crippen molar-refractivity contribution >= 4 is 37.3 Å². The van der Waals surface area contributed by atoms with Gasteiger partial charge in [-0.15, -0.1) is 11.3 Å². The molecule has 0 amide bonds. The van der Waals surface area contributed by atoms with Gasteiger partial charge in [0.05, 0.1) is 16.7 Å². The fraction of sp³-hybridized carbons (Fsp3) is 0.400. The monoisotopic (exact) mass is 339 g/mol. The first-order valence-electron chi connectivity index (χ1n) is 4.95. The van der Waals surface area contributed by atoms with Crippen molar-refractivity contribution in [2.75, 3.05) is 13.2 Å². The van der Waals surface area contributed by atoms with E-state index in [0.717, 1.165) is 9.35 Å². The number of halogens is 1. The summed E-state index contributed by atoms with van der Waals surface area (Å²) in [5.41, 5.74) is 0.922. The molecule has 0 saturated heterocycles. The molecule has 0 fully saturated rings. The Morgan fingerprint density at radius 1 is 1.65 bits per heavy atom. The lowest BCUT2D eigenvalue weighted by Crippen LogP contribution is -2.24. The molecular weight excluding hydrogens is 326 g/mol. The predicted octanol–water partition coefficient (Wildman–Crippen LogP) is 2.65. The van der Waals surface area contributed by atoms with Gasteiger partial charge in [0.2, 0.25) is 10.0 Å². The molecule has 7 heteroatoms. The molecule has 0 atom stereocenters. The van der Waals surface area contributed by atoms with Crippen LogP contribution in [0.3, 0.4) is 0 Å². The van der Waals surface area contributed by atoms with E-state index in [1.807, 2.05) is 6.92 Å². The third-order valence-electron chi connectivity index (χ3n) is 1.95. The highest BCUT2D eigenvalue weighted by Crippen LogP contribution is 2.30. The molecule has 0 aliphatic rings. The highest BCUT2D eigenvalue weighted by molar-refractivity contribution is 9.11. The molecule has 0 aliphatic carbocycles. The highest BCUT2D eigenvalue weighted by Gasteiger charge is 2.17. The maximum Gasteiger partial charge on any atom is 0.250 e. The van der Waals surface area contributed by atoms with Gasteiger partial charge in [-0.2, -0.15) is 0 Å². The zero-order chi connectivity index (χ0) is 12.9. The van der Waals surface area contributed by atoms with E-state index >= 15 is 0 Å². The number of nitrogens with one attached hydrogen (secondary N) is 1. The van der Waals surface area contributed by atoms with Crippen molar-refractivity contribution in [1.29, 1.82) is 0 Å². The number of ether oxygens (including phenoxy) is 1. The van der Waals surface area contributed by atoms with E-state index in [4.69, 9.17) is 4.74 Å². The topological polar surface area (TPSA) is 55.4 Å². The Hall–Kier alpha value is -0.370. The lowest BCUT2D eigenvalue weighted by atomic mass is 10.4. The molecule has 1 heterocycles. The molecule has 0 unspecified atom stereocenters. The molecule has 1 aromatic heterocycles. The molecule has 0 radical (unpaired) electrons. The van der Waals surface area contributed by atoms with Crippen LogP contribution >= 0.6 is 27.3 Å². The first-order valence-corrected chi connectivity index (χ1v) is 8.04. The van der Waals surface area contributed by atoms with E-state index in [2.05, 4.69) is 27.2 Å². The summed E-state index contributed by atoms with van der Waals surface area (Å²) >= 11 is 4.51. The van der Waals surface area contributed by atoms with Crippen LogP contribution in [0.25, 0.3) is 0 Å². The summed E-state index contributed by atoms with van der Waals surface area (Å²) in [5.74, 6) is 0. The van der Waals surface area contributed by atoms with Gasteiger partial charge in [-0.1, -0.05) is 6.58 Å². The van der Waals surface area contributed by atoms with Gasteiger partial charge in [0.25, 0.3) is 0 Å². The van der Waals surface area contributed by atoms with Crippen LogP contribution in [0.2, 0.25) is 0 Å². The summed E-state index contributed by atoms with van der Waals surface area (Å²) in [6.45, 7) is 6.07. The Kier molecular flexibility index (Phi) is 5.64. The molecule has 96 valence electrons. The fourth-order valence-corrected chi connectivity index (χ4v) is 4.42. The second-order valence-electron chi connectivity index (χ2n) is 3.31. The first-order chi connectivity index (χ1) is 7.97. The third-order valence-corrected chi connectivity index (χ3v) is 6.02. The molecule has 0 bridgehead atoms. The summed E-state index contributed by atoms with van der Waals surface area (Å²) in [6.07, 6.45) is 1.95. The largest absolute Gasteiger partial charge is 0.502 e. The number of rotatable bonds is 7. The third kappa shape index (κ3) is 4.42. The first kappa shape index (κ1) is 14.7. The standard InChI is InChI=1S/C10H14BrNO3S2/c1-3-15-6-4-5-12-17(13,14)9-7-8(2)10(11)16-9/h3,7,12H,1,4-6H2,2H3. The Morgan fingerprint density at radius 3 is 2.88 bits per heavy atom. The normalized spacial score (nSPS) is 11.4. The van der Waals surface area contributed by atoms with Crippen molar-refractivity contribution in [2.45, 2.75) is 17.6 Å². The second-order valence-corrected chi connectivity index (χ2v) is 7.67.